The van der Waals surface area contributed by atoms with E-state index >= 15 is 0 Å². The summed E-state index contributed by atoms with van der Waals surface area (Å²) in [4.78, 5) is 19.1. The number of thioether (sulfide) groups is 1. The van der Waals surface area contributed by atoms with Crippen molar-refractivity contribution in [3.8, 4) is 11.4 Å². The van der Waals surface area contributed by atoms with Crippen LogP contribution in [0, 0.1) is 5.92 Å². The summed E-state index contributed by atoms with van der Waals surface area (Å²) in [7, 11) is 1.93. The van der Waals surface area contributed by atoms with Gasteiger partial charge in [-0.25, -0.2) is 0 Å². The van der Waals surface area contributed by atoms with E-state index in [0.29, 0.717) is 5.92 Å². The highest BCUT2D eigenvalue weighted by Crippen LogP contribution is 2.28. The molecule has 30 heavy (non-hydrogen) atoms. The zero-order valence-electron chi connectivity index (χ0n) is 17.4. The van der Waals surface area contributed by atoms with E-state index in [9.17, 15) is 4.79 Å². The summed E-state index contributed by atoms with van der Waals surface area (Å²) in [6, 6.07) is 14.5. The number of carbonyl (C=O) groups excluding carboxylic acids is 1. The number of carbonyl (C=O) groups is 1. The predicted octanol–water partition coefficient (Wildman–Crippen LogP) is 3.84. The number of pyridine rings is 1. The van der Waals surface area contributed by atoms with Crippen LogP contribution in [-0.4, -0.2) is 48.9 Å². The highest BCUT2D eigenvalue weighted by molar-refractivity contribution is 8.00. The fourth-order valence-electron chi connectivity index (χ4n) is 3.94. The molecular weight excluding hydrogens is 394 g/mol. The van der Waals surface area contributed by atoms with Gasteiger partial charge < -0.3 is 9.47 Å². The Kier molecular flexibility index (Phi) is 6.47. The molecule has 0 N–H and O–H groups in total. The Balaban J connectivity index is 1.32. The van der Waals surface area contributed by atoms with Crippen molar-refractivity contribution in [2.45, 2.75) is 36.6 Å². The second-order valence-corrected chi connectivity index (χ2v) is 9.13. The number of benzene rings is 1. The summed E-state index contributed by atoms with van der Waals surface area (Å²) in [6.45, 7) is 3.63. The first kappa shape index (κ1) is 20.6. The highest BCUT2D eigenvalue weighted by Gasteiger charge is 2.28. The van der Waals surface area contributed by atoms with Gasteiger partial charge in [0.05, 0.1) is 5.25 Å². The summed E-state index contributed by atoms with van der Waals surface area (Å²) in [5, 5.41) is 9.16. The molecule has 0 unspecified atom stereocenters. The van der Waals surface area contributed by atoms with Gasteiger partial charge in [0.2, 0.25) is 5.91 Å². The van der Waals surface area contributed by atoms with Gasteiger partial charge in [-0.2, -0.15) is 0 Å². The van der Waals surface area contributed by atoms with E-state index in [1.807, 2.05) is 35.6 Å². The predicted molar refractivity (Wildman–Crippen MR) is 119 cm³/mol. The molecule has 1 fully saturated rings. The minimum absolute atomic E-state index is 0.187. The number of piperidine rings is 1. The van der Waals surface area contributed by atoms with Crippen LogP contribution in [0.5, 0.6) is 0 Å². The normalized spacial score (nSPS) is 15.9. The van der Waals surface area contributed by atoms with Gasteiger partial charge in [-0.1, -0.05) is 42.1 Å². The molecule has 1 atom stereocenters. The molecule has 2 aromatic heterocycles. The number of nitrogens with zero attached hydrogens (tertiary/aromatic N) is 5. The second kappa shape index (κ2) is 9.43. The Morgan fingerprint density at radius 2 is 1.80 bits per heavy atom. The molecule has 3 heterocycles. The lowest BCUT2D eigenvalue weighted by Crippen LogP contribution is -2.42. The monoisotopic (exact) mass is 421 g/mol. The van der Waals surface area contributed by atoms with Gasteiger partial charge in [0, 0.05) is 38.1 Å². The van der Waals surface area contributed by atoms with Gasteiger partial charge >= 0.3 is 0 Å². The fourth-order valence-corrected chi connectivity index (χ4v) is 4.84. The molecule has 1 aliphatic rings. The molecular formula is C23H27N5OS. The maximum absolute atomic E-state index is 13.0. The Hall–Kier alpha value is -2.67. The summed E-state index contributed by atoms with van der Waals surface area (Å²) < 4.78 is 1.94. The minimum atomic E-state index is -0.191. The summed E-state index contributed by atoms with van der Waals surface area (Å²) >= 11 is 1.47. The van der Waals surface area contributed by atoms with E-state index in [2.05, 4.69) is 45.5 Å². The molecule has 0 aliphatic carbocycles. The maximum atomic E-state index is 13.0. The average Bonchev–Trinajstić information content (AvgIpc) is 3.15. The lowest BCUT2D eigenvalue weighted by Gasteiger charge is -2.33. The Bertz CT molecular complexity index is 968. The van der Waals surface area contributed by atoms with Gasteiger partial charge in [-0.3, -0.25) is 9.78 Å². The molecule has 3 aromatic rings. The Morgan fingerprint density at radius 1 is 1.10 bits per heavy atom. The van der Waals surface area contributed by atoms with Crippen molar-refractivity contribution >= 4 is 17.7 Å². The molecule has 1 amide bonds. The number of hydrogen-bond acceptors (Lipinski definition) is 5. The fraction of sp³-hybridized carbons (Fsp3) is 0.391. The van der Waals surface area contributed by atoms with Gasteiger partial charge in [-0.15, -0.1) is 10.2 Å². The van der Waals surface area contributed by atoms with E-state index in [0.717, 1.165) is 48.9 Å². The van der Waals surface area contributed by atoms with Crippen LogP contribution in [0.1, 0.15) is 25.3 Å². The van der Waals surface area contributed by atoms with E-state index in [1.54, 1.807) is 12.4 Å². The van der Waals surface area contributed by atoms with Crippen molar-refractivity contribution < 1.29 is 4.79 Å². The van der Waals surface area contributed by atoms with Crippen LogP contribution in [0.15, 0.2) is 60.0 Å². The second-order valence-electron chi connectivity index (χ2n) is 7.82. The lowest BCUT2D eigenvalue weighted by atomic mass is 9.90. The van der Waals surface area contributed by atoms with E-state index in [-0.39, 0.29) is 11.2 Å². The van der Waals surface area contributed by atoms with Crippen LogP contribution >= 0.6 is 11.8 Å². The lowest BCUT2D eigenvalue weighted by molar-refractivity contribution is -0.131. The first-order valence-corrected chi connectivity index (χ1v) is 11.3. The van der Waals surface area contributed by atoms with Crippen LogP contribution in [0.3, 0.4) is 0 Å². The summed E-state index contributed by atoms with van der Waals surface area (Å²) in [5.41, 5.74) is 2.35. The van der Waals surface area contributed by atoms with Crippen LogP contribution in [0.2, 0.25) is 0 Å². The third-order valence-electron chi connectivity index (χ3n) is 5.70. The van der Waals surface area contributed by atoms with Crippen molar-refractivity contribution in [1.29, 1.82) is 0 Å². The number of aromatic nitrogens is 4. The van der Waals surface area contributed by atoms with Crippen molar-refractivity contribution in [2.75, 3.05) is 13.1 Å². The highest BCUT2D eigenvalue weighted by atomic mass is 32.2. The van der Waals surface area contributed by atoms with Crippen LogP contribution in [0.25, 0.3) is 11.4 Å². The minimum Gasteiger partial charge on any atom is -0.342 e. The van der Waals surface area contributed by atoms with Gasteiger partial charge in [0.15, 0.2) is 11.0 Å². The number of amides is 1. The van der Waals surface area contributed by atoms with E-state index < -0.39 is 0 Å². The molecule has 0 radical (unpaired) electrons. The molecule has 1 aliphatic heterocycles. The number of rotatable bonds is 6. The topological polar surface area (TPSA) is 63.9 Å². The third kappa shape index (κ3) is 4.73. The standard InChI is InChI=1S/C23H27N5OS/c1-17(30-23-26-25-21(27(23)2)20-8-12-24-13-9-20)22(29)28-14-10-19(11-15-28)16-18-6-4-3-5-7-18/h3-9,12-13,17,19H,10-11,14-16H2,1-2H3/t17-/m1/s1. The molecule has 0 bridgehead atoms. The largest absolute Gasteiger partial charge is 0.342 e. The molecule has 0 spiro atoms. The third-order valence-corrected chi connectivity index (χ3v) is 6.82. The van der Waals surface area contributed by atoms with Crippen molar-refractivity contribution in [3.05, 3.63) is 60.4 Å². The van der Waals surface area contributed by atoms with Crippen LogP contribution < -0.4 is 0 Å². The van der Waals surface area contributed by atoms with Crippen LogP contribution in [0.4, 0.5) is 0 Å². The van der Waals surface area contributed by atoms with Gasteiger partial charge in [-0.05, 0) is 49.8 Å². The SMILES string of the molecule is C[C@@H](Sc1nnc(-c2ccncc2)n1C)C(=O)N1CCC(Cc2ccccc2)CC1. The number of likely N-dealkylation sites (tertiary alicyclic amines) is 1. The van der Waals surface area contributed by atoms with Crippen molar-refractivity contribution in [1.82, 2.24) is 24.6 Å². The molecule has 1 aromatic carbocycles. The van der Waals surface area contributed by atoms with Crippen molar-refractivity contribution in [3.63, 3.8) is 0 Å². The van der Waals surface area contributed by atoms with E-state index in [4.69, 9.17) is 0 Å². The van der Waals surface area contributed by atoms with E-state index in [1.165, 1.54) is 17.3 Å². The Labute approximate surface area is 181 Å². The molecule has 6 nitrogen and oxygen atoms in total. The molecule has 1 saturated heterocycles. The smallest absolute Gasteiger partial charge is 0.235 e. The van der Waals surface area contributed by atoms with Gasteiger partial charge in [0.1, 0.15) is 0 Å². The maximum Gasteiger partial charge on any atom is 0.235 e. The van der Waals surface area contributed by atoms with Crippen molar-refractivity contribution in [2.24, 2.45) is 13.0 Å². The van der Waals surface area contributed by atoms with Crippen LogP contribution in [-0.2, 0) is 18.3 Å². The average molecular weight is 422 g/mol. The molecule has 0 saturated carbocycles. The Morgan fingerprint density at radius 3 is 2.50 bits per heavy atom. The molecule has 4 rings (SSSR count). The molecule has 156 valence electrons. The van der Waals surface area contributed by atoms with Gasteiger partial charge in [0.25, 0.3) is 0 Å². The summed E-state index contributed by atoms with van der Waals surface area (Å²) in [6.07, 6.45) is 6.71. The first-order valence-electron chi connectivity index (χ1n) is 10.4. The number of hydrogen-bond donors (Lipinski definition) is 0. The summed E-state index contributed by atoms with van der Waals surface area (Å²) in [5.74, 6) is 1.62. The zero-order chi connectivity index (χ0) is 20.9. The first-order chi connectivity index (χ1) is 14.6. The zero-order valence-corrected chi connectivity index (χ0v) is 18.3. The molecule has 7 heteroatoms. The quantitative estimate of drug-likeness (QED) is 0.566.